The number of halogens is 1. The van der Waals surface area contributed by atoms with Crippen molar-refractivity contribution in [1.82, 2.24) is 0 Å². The molecular weight excluding hydrogens is 330 g/mol. The Kier molecular flexibility index (Phi) is 3.59. The fourth-order valence-corrected chi connectivity index (χ4v) is 2.81. The number of amides is 1. The monoisotopic (exact) mass is 345 g/mol. The van der Waals surface area contributed by atoms with Crippen LogP contribution in [0.15, 0.2) is 34.8 Å². The quantitative estimate of drug-likeness (QED) is 0.721. The number of nitrogen functional groups attached to an aromatic ring is 1. The molecule has 0 spiro atoms. The summed E-state index contributed by atoms with van der Waals surface area (Å²) in [5.74, 6) is 0.0526. The van der Waals surface area contributed by atoms with Gasteiger partial charge in [-0.3, -0.25) is 4.79 Å². The number of hydrogen-bond acceptors (Lipinski definition) is 3. The average Bonchev–Trinajstić information content (AvgIpc) is 2.45. The molecule has 0 fully saturated rings. The number of aryl methyl sites for hydroxylation is 1. The van der Waals surface area contributed by atoms with Crippen LogP contribution in [-0.2, 0) is 11.2 Å². The molecule has 0 saturated carbocycles. The van der Waals surface area contributed by atoms with E-state index in [-0.39, 0.29) is 5.91 Å². The van der Waals surface area contributed by atoms with Crippen molar-refractivity contribution in [2.45, 2.75) is 19.8 Å². The molecule has 3 rings (SSSR count). The smallest absolute Gasteiger partial charge is 0.224 e. The van der Waals surface area contributed by atoms with E-state index in [1.165, 1.54) is 0 Å². The van der Waals surface area contributed by atoms with Crippen LogP contribution in [0.3, 0.4) is 0 Å². The van der Waals surface area contributed by atoms with Gasteiger partial charge in [-0.2, -0.15) is 0 Å². The number of fused-ring (bicyclic) bond motifs is 1. The van der Waals surface area contributed by atoms with Gasteiger partial charge in [0.2, 0.25) is 5.91 Å². The molecule has 1 heterocycles. The van der Waals surface area contributed by atoms with Crippen LogP contribution in [-0.4, -0.2) is 5.91 Å². The predicted molar refractivity (Wildman–Crippen MR) is 90.0 cm³/mol. The normalized spacial score (nSPS) is 13.5. The summed E-state index contributed by atoms with van der Waals surface area (Å²) in [6.07, 6.45) is 1.26. The molecule has 108 valence electrons. The highest BCUT2D eigenvalue weighted by Crippen LogP contribution is 2.34. The minimum absolute atomic E-state index is 0.0526. The Labute approximate surface area is 131 Å². The molecule has 0 aliphatic carbocycles. The van der Waals surface area contributed by atoms with E-state index < -0.39 is 0 Å². The Bertz CT molecular complexity index is 728. The third kappa shape index (κ3) is 2.74. The van der Waals surface area contributed by atoms with Gasteiger partial charge in [0.25, 0.3) is 0 Å². The molecule has 2 aromatic carbocycles. The van der Waals surface area contributed by atoms with Gasteiger partial charge in [0.15, 0.2) is 0 Å². The summed E-state index contributed by atoms with van der Waals surface area (Å²) in [4.78, 5) is 11.5. The molecule has 2 aromatic rings. The van der Waals surface area contributed by atoms with Gasteiger partial charge in [0.1, 0.15) is 0 Å². The minimum atomic E-state index is 0.0526. The van der Waals surface area contributed by atoms with Crippen molar-refractivity contribution in [3.05, 3.63) is 45.9 Å². The molecule has 21 heavy (non-hydrogen) atoms. The number of carbonyl (C=O) groups is 1. The predicted octanol–water partition coefficient (Wildman–Crippen LogP) is 3.97. The van der Waals surface area contributed by atoms with Gasteiger partial charge in [0.05, 0.1) is 11.4 Å². The summed E-state index contributed by atoms with van der Waals surface area (Å²) in [6.45, 7) is 2.03. The van der Waals surface area contributed by atoms with E-state index in [1.54, 1.807) is 0 Å². The molecular formula is C16H16BrN3O. The molecule has 1 aliphatic rings. The molecule has 0 aromatic heterocycles. The van der Waals surface area contributed by atoms with Gasteiger partial charge in [-0.05, 0) is 48.7 Å². The first kappa shape index (κ1) is 13.9. The Morgan fingerprint density at radius 1 is 1.24 bits per heavy atom. The molecule has 0 atom stereocenters. The maximum atomic E-state index is 11.5. The number of carbonyl (C=O) groups excluding carboxylic acids is 1. The van der Waals surface area contributed by atoms with Crippen molar-refractivity contribution in [2.75, 3.05) is 16.4 Å². The van der Waals surface area contributed by atoms with Crippen LogP contribution in [0.25, 0.3) is 0 Å². The summed E-state index contributed by atoms with van der Waals surface area (Å²) >= 11 is 3.52. The molecule has 4 N–H and O–H groups in total. The average molecular weight is 346 g/mol. The molecule has 0 unspecified atom stereocenters. The summed E-state index contributed by atoms with van der Waals surface area (Å²) in [5.41, 5.74) is 11.6. The van der Waals surface area contributed by atoms with Gasteiger partial charge < -0.3 is 16.4 Å². The van der Waals surface area contributed by atoms with Gasteiger partial charge in [0, 0.05) is 22.3 Å². The van der Waals surface area contributed by atoms with Crippen molar-refractivity contribution in [2.24, 2.45) is 0 Å². The van der Waals surface area contributed by atoms with E-state index in [0.29, 0.717) is 12.1 Å². The van der Waals surface area contributed by atoms with Crippen LogP contribution in [0.4, 0.5) is 22.7 Å². The van der Waals surface area contributed by atoms with E-state index in [4.69, 9.17) is 5.73 Å². The van der Waals surface area contributed by atoms with Crippen molar-refractivity contribution in [1.29, 1.82) is 0 Å². The Morgan fingerprint density at radius 3 is 2.86 bits per heavy atom. The number of nitrogens with two attached hydrogens (primary N) is 1. The summed E-state index contributed by atoms with van der Waals surface area (Å²) in [5, 5.41) is 6.24. The second kappa shape index (κ2) is 5.41. The van der Waals surface area contributed by atoms with Crippen LogP contribution in [0, 0.1) is 6.92 Å². The van der Waals surface area contributed by atoms with Crippen molar-refractivity contribution < 1.29 is 4.79 Å². The summed E-state index contributed by atoms with van der Waals surface area (Å²) in [6, 6.07) is 9.80. The second-order valence-corrected chi connectivity index (χ2v) is 6.04. The van der Waals surface area contributed by atoms with E-state index >= 15 is 0 Å². The topological polar surface area (TPSA) is 67.1 Å². The van der Waals surface area contributed by atoms with Gasteiger partial charge in [-0.15, -0.1) is 0 Å². The molecule has 0 bridgehead atoms. The number of rotatable bonds is 2. The Morgan fingerprint density at radius 2 is 2.05 bits per heavy atom. The summed E-state index contributed by atoms with van der Waals surface area (Å²) in [7, 11) is 0. The maximum Gasteiger partial charge on any atom is 0.224 e. The fourth-order valence-electron chi connectivity index (χ4n) is 2.44. The lowest BCUT2D eigenvalue weighted by molar-refractivity contribution is -0.116. The zero-order valence-electron chi connectivity index (χ0n) is 11.7. The van der Waals surface area contributed by atoms with Crippen LogP contribution in [0.2, 0.25) is 0 Å². The van der Waals surface area contributed by atoms with Crippen molar-refractivity contribution in [3.8, 4) is 0 Å². The highest BCUT2D eigenvalue weighted by molar-refractivity contribution is 9.10. The fraction of sp³-hybridized carbons (Fsp3) is 0.188. The van der Waals surface area contributed by atoms with Gasteiger partial charge in [-0.25, -0.2) is 0 Å². The zero-order valence-corrected chi connectivity index (χ0v) is 13.3. The Hall–Kier alpha value is -2.01. The zero-order chi connectivity index (χ0) is 15.0. The Balaban J connectivity index is 1.97. The third-order valence-corrected chi connectivity index (χ3v) is 4.57. The number of benzene rings is 2. The highest BCUT2D eigenvalue weighted by atomic mass is 79.9. The number of anilines is 4. The van der Waals surface area contributed by atoms with E-state index in [0.717, 1.165) is 39.1 Å². The second-order valence-electron chi connectivity index (χ2n) is 5.18. The van der Waals surface area contributed by atoms with E-state index in [2.05, 4.69) is 26.6 Å². The van der Waals surface area contributed by atoms with Gasteiger partial charge >= 0.3 is 0 Å². The number of hydrogen-bond donors (Lipinski definition) is 3. The van der Waals surface area contributed by atoms with Crippen LogP contribution in [0.5, 0.6) is 0 Å². The van der Waals surface area contributed by atoms with Crippen LogP contribution >= 0.6 is 15.9 Å². The first-order chi connectivity index (χ1) is 10.0. The molecule has 1 aliphatic heterocycles. The molecule has 0 radical (unpaired) electrons. The van der Waals surface area contributed by atoms with Crippen LogP contribution < -0.4 is 16.4 Å². The highest BCUT2D eigenvalue weighted by Gasteiger charge is 2.17. The standard InChI is InChI=1S/C16H16BrN3O/c1-9-11(17)3-2-4-13(9)19-15-8-14-10(7-12(15)18)5-6-16(21)20-14/h2-4,7-8,19H,5-6,18H2,1H3,(H,20,21). The van der Waals surface area contributed by atoms with Gasteiger partial charge in [-0.1, -0.05) is 22.0 Å². The molecule has 5 heteroatoms. The first-order valence-electron chi connectivity index (χ1n) is 6.79. The summed E-state index contributed by atoms with van der Waals surface area (Å²) < 4.78 is 1.04. The lowest BCUT2D eigenvalue weighted by atomic mass is 10.0. The third-order valence-electron chi connectivity index (χ3n) is 3.71. The van der Waals surface area contributed by atoms with Crippen LogP contribution in [0.1, 0.15) is 17.5 Å². The van der Waals surface area contributed by atoms with E-state index in [9.17, 15) is 4.79 Å². The minimum Gasteiger partial charge on any atom is -0.397 e. The molecule has 0 saturated heterocycles. The van der Waals surface area contributed by atoms with Crippen molar-refractivity contribution >= 4 is 44.6 Å². The lowest BCUT2D eigenvalue weighted by Gasteiger charge is -2.20. The molecule has 1 amide bonds. The maximum absolute atomic E-state index is 11.5. The lowest BCUT2D eigenvalue weighted by Crippen LogP contribution is -2.19. The SMILES string of the molecule is Cc1c(Br)cccc1Nc1cc2c(cc1N)CCC(=O)N2. The van der Waals surface area contributed by atoms with Crippen molar-refractivity contribution in [3.63, 3.8) is 0 Å². The first-order valence-corrected chi connectivity index (χ1v) is 7.58. The number of nitrogens with one attached hydrogen (secondary N) is 2. The molecule has 4 nitrogen and oxygen atoms in total. The largest absolute Gasteiger partial charge is 0.397 e. The van der Waals surface area contributed by atoms with E-state index in [1.807, 2.05) is 37.3 Å².